The summed E-state index contributed by atoms with van der Waals surface area (Å²) >= 11 is 0. The molecular formula is C10H11BN2O3. The number of hydrogen-bond donors (Lipinski definition) is 3. The highest BCUT2D eigenvalue weighted by Gasteiger charge is 1.95. The van der Waals surface area contributed by atoms with Gasteiger partial charge in [-0.25, -0.2) is 0 Å². The van der Waals surface area contributed by atoms with E-state index >= 15 is 0 Å². The number of aromatic nitrogens is 2. The third kappa shape index (κ3) is 4.65. The zero-order chi connectivity index (χ0) is 11.8. The molecule has 2 aromatic heterocycles. The molecule has 3 N–H and O–H groups in total. The van der Waals surface area contributed by atoms with E-state index in [2.05, 4.69) is 9.97 Å². The van der Waals surface area contributed by atoms with Crippen LogP contribution in [0, 0.1) is 0 Å². The van der Waals surface area contributed by atoms with Crippen molar-refractivity contribution >= 4 is 7.32 Å². The number of rotatable bonds is 1. The lowest BCUT2D eigenvalue weighted by atomic mass is 10.2. The lowest BCUT2D eigenvalue weighted by Crippen LogP contribution is -2.07. The van der Waals surface area contributed by atoms with Crippen LogP contribution in [0.15, 0.2) is 48.8 Å². The molecule has 0 aromatic carbocycles. The first-order valence-corrected chi connectivity index (χ1v) is 4.57. The predicted molar refractivity (Wildman–Crippen MR) is 59.9 cm³/mol. The van der Waals surface area contributed by atoms with Crippen LogP contribution >= 0.6 is 0 Å². The van der Waals surface area contributed by atoms with Crippen LogP contribution in [0.4, 0.5) is 0 Å². The Hall–Kier alpha value is -1.76. The third-order valence-electron chi connectivity index (χ3n) is 1.59. The van der Waals surface area contributed by atoms with Crippen molar-refractivity contribution < 1.29 is 15.1 Å². The van der Waals surface area contributed by atoms with Gasteiger partial charge in [-0.1, -0.05) is 12.1 Å². The number of pyridine rings is 2. The lowest BCUT2D eigenvalue weighted by molar-refractivity contribution is 0.278. The van der Waals surface area contributed by atoms with Crippen molar-refractivity contribution in [1.29, 1.82) is 0 Å². The van der Waals surface area contributed by atoms with Gasteiger partial charge in [0.25, 0.3) is 0 Å². The molecule has 0 aliphatic carbocycles. The minimum Gasteiger partial charge on any atom is -0.402 e. The molecule has 0 unspecified atom stereocenters. The van der Waals surface area contributed by atoms with Crippen molar-refractivity contribution in [3.05, 3.63) is 48.8 Å². The van der Waals surface area contributed by atoms with Gasteiger partial charge in [0.2, 0.25) is 0 Å². The Kier molecular flexibility index (Phi) is 5.14. The second kappa shape index (κ2) is 6.68. The van der Waals surface area contributed by atoms with E-state index in [1.54, 1.807) is 12.4 Å². The van der Waals surface area contributed by atoms with E-state index in [4.69, 9.17) is 15.1 Å². The average Bonchev–Trinajstić information content (AvgIpc) is 2.31. The summed E-state index contributed by atoms with van der Waals surface area (Å²) in [6.07, 6.45) is 3.54. The fraction of sp³-hybridized carbons (Fsp3) is 0. The molecule has 0 amide bonds. The van der Waals surface area contributed by atoms with Crippen LogP contribution in [0.2, 0.25) is 0 Å². The van der Waals surface area contributed by atoms with E-state index in [9.17, 15) is 0 Å². The van der Waals surface area contributed by atoms with Gasteiger partial charge in [-0.15, -0.1) is 0 Å². The standard InChI is InChI=1S/C10H8N2.BH3O3/c1-3-7-11-9(5-1)10-6-2-4-8-12-10;2-1(3)4/h1-8H;2-4H. The first-order valence-electron chi connectivity index (χ1n) is 4.57. The van der Waals surface area contributed by atoms with Crippen LogP contribution in [-0.4, -0.2) is 32.4 Å². The van der Waals surface area contributed by atoms with Crippen molar-refractivity contribution in [3.8, 4) is 11.4 Å². The van der Waals surface area contributed by atoms with Gasteiger partial charge < -0.3 is 15.1 Å². The molecule has 0 aliphatic heterocycles. The Labute approximate surface area is 93.2 Å². The molecule has 0 radical (unpaired) electrons. The highest BCUT2D eigenvalue weighted by molar-refractivity contribution is 6.30. The molecule has 0 saturated carbocycles. The molecule has 0 bridgehead atoms. The first-order chi connectivity index (χ1) is 7.70. The molecule has 5 nitrogen and oxygen atoms in total. The van der Waals surface area contributed by atoms with Gasteiger partial charge in [-0.3, -0.25) is 9.97 Å². The molecule has 0 atom stereocenters. The first kappa shape index (κ1) is 12.3. The van der Waals surface area contributed by atoms with Crippen molar-refractivity contribution in [2.45, 2.75) is 0 Å². The van der Waals surface area contributed by atoms with Gasteiger partial charge in [-0.2, -0.15) is 0 Å². The van der Waals surface area contributed by atoms with Crippen LogP contribution < -0.4 is 0 Å². The van der Waals surface area contributed by atoms with Gasteiger partial charge >= 0.3 is 7.32 Å². The minimum absolute atomic E-state index is 0.915. The molecule has 2 aromatic rings. The Morgan fingerprint density at radius 3 is 1.38 bits per heavy atom. The highest BCUT2D eigenvalue weighted by Crippen LogP contribution is 2.10. The monoisotopic (exact) mass is 218 g/mol. The van der Waals surface area contributed by atoms with E-state index in [-0.39, 0.29) is 0 Å². The quantitative estimate of drug-likeness (QED) is 0.590. The van der Waals surface area contributed by atoms with Gasteiger partial charge in [-0.05, 0) is 24.3 Å². The molecule has 82 valence electrons. The van der Waals surface area contributed by atoms with Crippen LogP contribution in [0.5, 0.6) is 0 Å². The Morgan fingerprint density at radius 2 is 1.12 bits per heavy atom. The van der Waals surface area contributed by atoms with Crippen molar-refractivity contribution in [3.63, 3.8) is 0 Å². The van der Waals surface area contributed by atoms with Gasteiger partial charge in [0.15, 0.2) is 0 Å². The average molecular weight is 218 g/mol. The fourth-order valence-electron chi connectivity index (χ4n) is 1.03. The second-order valence-electron chi connectivity index (χ2n) is 2.78. The molecule has 0 fully saturated rings. The van der Waals surface area contributed by atoms with Gasteiger partial charge in [0.05, 0.1) is 11.4 Å². The summed E-state index contributed by atoms with van der Waals surface area (Å²) in [4.78, 5) is 8.37. The van der Waals surface area contributed by atoms with Crippen molar-refractivity contribution in [2.75, 3.05) is 0 Å². The topological polar surface area (TPSA) is 86.5 Å². The van der Waals surface area contributed by atoms with Crippen LogP contribution in [0.25, 0.3) is 11.4 Å². The van der Waals surface area contributed by atoms with Gasteiger partial charge in [0, 0.05) is 12.4 Å². The lowest BCUT2D eigenvalue weighted by Gasteiger charge is -1.96. The van der Waals surface area contributed by atoms with E-state index < -0.39 is 7.32 Å². The maximum atomic E-state index is 7.17. The smallest absolute Gasteiger partial charge is 0.402 e. The zero-order valence-electron chi connectivity index (χ0n) is 8.43. The Balaban J connectivity index is 0.000000280. The van der Waals surface area contributed by atoms with E-state index in [1.165, 1.54) is 0 Å². The Bertz CT molecular complexity index is 357. The van der Waals surface area contributed by atoms with Gasteiger partial charge in [0.1, 0.15) is 0 Å². The summed E-state index contributed by atoms with van der Waals surface area (Å²) < 4.78 is 0. The normalized spacial score (nSPS) is 8.94. The maximum Gasteiger partial charge on any atom is 0.631 e. The van der Waals surface area contributed by atoms with Crippen LogP contribution in [0.1, 0.15) is 0 Å². The van der Waals surface area contributed by atoms with E-state index in [0.717, 1.165) is 11.4 Å². The molecule has 0 aliphatic rings. The van der Waals surface area contributed by atoms with E-state index in [1.807, 2.05) is 36.4 Å². The summed E-state index contributed by atoms with van der Waals surface area (Å²) in [6.45, 7) is 0. The summed E-state index contributed by atoms with van der Waals surface area (Å²) in [5.41, 5.74) is 1.83. The highest BCUT2D eigenvalue weighted by atomic mass is 16.5. The number of hydrogen-bond acceptors (Lipinski definition) is 5. The summed E-state index contributed by atoms with van der Waals surface area (Å²) in [5, 5.41) is 21.5. The van der Waals surface area contributed by atoms with Crippen LogP contribution in [-0.2, 0) is 0 Å². The second-order valence-corrected chi connectivity index (χ2v) is 2.78. The van der Waals surface area contributed by atoms with E-state index in [0.29, 0.717) is 0 Å². The van der Waals surface area contributed by atoms with Crippen LogP contribution in [0.3, 0.4) is 0 Å². The van der Waals surface area contributed by atoms with Crippen molar-refractivity contribution in [2.24, 2.45) is 0 Å². The SMILES string of the molecule is OB(O)O.c1ccc(-c2ccccn2)nc1. The fourth-order valence-corrected chi connectivity index (χ4v) is 1.03. The number of nitrogens with zero attached hydrogens (tertiary/aromatic N) is 2. The Morgan fingerprint density at radius 1 is 0.750 bits per heavy atom. The zero-order valence-corrected chi connectivity index (χ0v) is 8.43. The minimum atomic E-state index is -2.17. The molecule has 2 heterocycles. The molecule has 0 spiro atoms. The third-order valence-corrected chi connectivity index (χ3v) is 1.59. The largest absolute Gasteiger partial charge is 0.631 e. The van der Waals surface area contributed by atoms with Crippen molar-refractivity contribution in [1.82, 2.24) is 9.97 Å². The predicted octanol–water partition coefficient (Wildman–Crippen LogP) is 0.0918. The molecule has 6 heteroatoms. The molecule has 0 saturated heterocycles. The molecule has 2 rings (SSSR count). The maximum absolute atomic E-state index is 7.17. The summed E-state index contributed by atoms with van der Waals surface area (Å²) in [7, 11) is -2.17. The summed E-state index contributed by atoms with van der Waals surface area (Å²) in [5.74, 6) is 0. The molecular weight excluding hydrogens is 207 g/mol. The molecule has 16 heavy (non-hydrogen) atoms. The summed E-state index contributed by atoms with van der Waals surface area (Å²) in [6, 6.07) is 11.6.